The lowest BCUT2D eigenvalue weighted by Crippen LogP contribution is -2.08. The van der Waals surface area contributed by atoms with E-state index in [1.165, 1.54) is 24.0 Å². The van der Waals surface area contributed by atoms with Gasteiger partial charge in [0.15, 0.2) is 0 Å². The van der Waals surface area contributed by atoms with Crippen LogP contribution in [0.5, 0.6) is 0 Å². The zero-order valence-electron chi connectivity index (χ0n) is 17.4. The molecule has 0 radical (unpaired) electrons. The van der Waals surface area contributed by atoms with Crippen molar-refractivity contribution in [2.75, 3.05) is 0 Å². The van der Waals surface area contributed by atoms with E-state index in [0.717, 1.165) is 34.7 Å². The summed E-state index contributed by atoms with van der Waals surface area (Å²) in [6.07, 6.45) is -3.23. The van der Waals surface area contributed by atoms with E-state index < -0.39 is 17.7 Å². The first kappa shape index (κ1) is 23.8. The van der Waals surface area contributed by atoms with Crippen molar-refractivity contribution in [1.29, 1.82) is 0 Å². The Morgan fingerprint density at radius 1 is 1.03 bits per heavy atom. The van der Waals surface area contributed by atoms with Crippen LogP contribution < -0.4 is 0 Å². The van der Waals surface area contributed by atoms with Crippen LogP contribution in [-0.2, 0) is 16.8 Å². The Hall–Kier alpha value is -3.36. The third-order valence-corrected chi connectivity index (χ3v) is 6.09. The van der Waals surface area contributed by atoms with E-state index in [4.69, 9.17) is 16.4 Å². The quantitative estimate of drug-likeness (QED) is 0.120. The van der Waals surface area contributed by atoms with Crippen LogP contribution in [0.4, 0.5) is 13.2 Å². The van der Waals surface area contributed by atoms with Crippen molar-refractivity contribution in [3.05, 3.63) is 106 Å². The number of hydrogen-bond donors (Lipinski definition) is 0. The van der Waals surface area contributed by atoms with E-state index >= 15 is 0 Å². The molecular formula is C25H16ClF3N2O2S. The van der Waals surface area contributed by atoms with Gasteiger partial charge in [-0.05, 0) is 48.0 Å². The van der Waals surface area contributed by atoms with Gasteiger partial charge < -0.3 is 4.84 Å². The molecule has 0 spiro atoms. The van der Waals surface area contributed by atoms with E-state index in [2.05, 4.69) is 10.1 Å². The Morgan fingerprint density at radius 2 is 1.79 bits per heavy atom. The largest absolute Gasteiger partial charge is 0.416 e. The molecule has 1 aromatic heterocycles. The fourth-order valence-electron chi connectivity index (χ4n) is 3.06. The summed E-state index contributed by atoms with van der Waals surface area (Å²) >= 11 is 7.41. The van der Waals surface area contributed by atoms with Gasteiger partial charge in [0.05, 0.1) is 22.9 Å². The number of rotatable bonds is 6. The molecule has 4 rings (SSSR count). The highest BCUT2D eigenvalue weighted by atomic mass is 35.5. The predicted octanol–water partition coefficient (Wildman–Crippen LogP) is 7.39. The summed E-state index contributed by atoms with van der Waals surface area (Å²) < 4.78 is 38.7. The maximum absolute atomic E-state index is 12.9. The third kappa shape index (κ3) is 5.95. The number of fused-ring (bicyclic) bond motifs is 1. The summed E-state index contributed by atoms with van der Waals surface area (Å²) in [7, 11) is 0. The lowest BCUT2D eigenvalue weighted by atomic mass is 10.1. The molecule has 4 nitrogen and oxygen atoms in total. The van der Waals surface area contributed by atoms with Gasteiger partial charge in [-0.2, -0.15) is 13.2 Å². The van der Waals surface area contributed by atoms with E-state index in [1.54, 1.807) is 12.1 Å². The van der Waals surface area contributed by atoms with Gasteiger partial charge >= 0.3 is 12.1 Å². The molecule has 0 aliphatic rings. The van der Waals surface area contributed by atoms with E-state index in [1.807, 2.05) is 42.5 Å². The minimum absolute atomic E-state index is 0.249. The van der Waals surface area contributed by atoms with Gasteiger partial charge in [-0.15, -0.1) is 11.8 Å². The number of oxime groups is 1. The number of carbonyl (C=O) groups is 1. The molecule has 1 heterocycles. The van der Waals surface area contributed by atoms with Crippen molar-refractivity contribution in [2.45, 2.75) is 17.0 Å². The Bertz CT molecular complexity index is 1360. The maximum atomic E-state index is 12.9. The van der Waals surface area contributed by atoms with Crippen molar-refractivity contribution >= 4 is 46.4 Å². The third-order valence-electron chi connectivity index (χ3n) is 4.76. The van der Waals surface area contributed by atoms with Gasteiger partial charge in [-0.3, -0.25) is 0 Å². The number of carbonyl (C=O) groups excluding carboxylic acids is 1. The van der Waals surface area contributed by atoms with E-state index in [-0.39, 0.29) is 5.56 Å². The molecule has 0 saturated carbocycles. The molecule has 4 aromatic rings. The number of aromatic nitrogens is 1. The molecule has 0 saturated heterocycles. The van der Waals surface area contributed by atoms with Gasteiger partial charge in [-0.25, -0.2) is 9.78 Å². The highest BCUT2D eigenvalue weighted by molar-refractivity contribution is 7.98. The van der Waals surface area contributed by atoms with Gasteiger partial charge in [0.2, 0.25) is 0 Å². The Morgan fingerprint density at radius 3 is 2.56 bits per heavy atom. The number of pyridine rings is 1. The van der Waals surface area contributed by atoms with Crippen LogP contribution in [0.3, 0.4) is 0 Å². The number of thioether (sulfide) groups is 1. The molecule has 172 valence electrons. The highest BCUT2D eigenvalue weighted by Gasteiger charge is 2.31. The summed E-state index contributed by atoms with van der Waals surface area (Å²) in [4.78, 5) is 21.8. The number of hydrogen-bond acceptors (Lipinski definition) is 5. The first-order chi connectivity index (χ1) is 16.3. The van der Waals surface area contributed by atoms with Crippen molar-refractivity contribution in [3.8, 4) is 0 Å². The monoisotopic (exact) mass is 500 g/mol. The molecule has 0 fully saturated rings. The minimum Gasteiger partial charge on any atom is -0.313 e. The predicted molar refractivity (Wildman–Crippen MR) is 127 cm³/mol. The molecule has 9 heteroatoms. The smallest absolute Gasteiger partial charge is 0.313 e. The fourth-order valence-corrected chi connectivity index (χ4v) is 4.12. The Balaban J connectivity index is 1.54. The minimum atomic E-state index is -4.56. The van der Waals surface area contributed by atoms with Crippen LogP contribution in [-0.4, -0.2) is 17.2 Å². The first-order valence-electron chi connectivity index (χ1n) is 9.98. The standard InChI is InChI=1S/C25H16ClF3N2O2S/c26-21-10-8-16(9-11-21)15-34-23-19(12-17-4-1-2-7-22(17)31-23)14-30-33-24(32)18-5-3-6-20(13-18)25(27,28)29/h1-14H,15H2. The number of alkyl halides is 3. The molecule has 0 amide bonds. The lowest BCUT2D eigenvalue weighted by molar-refractivity contribution is -0.137. The second-order valence-electron chi connectivity index (χ2n) is 7.18. The Kier molecular flexibility index (Phi) is 7.19. The number of benzene rings is 3. The summed E-state index contributed by atoms with van der Waals surface area (Å²) in [5.74, 6) is -0.376. The fraction of sp³-hybridized carbons (Fsp3) is 0.0800. The van der Waals surface area contributed by atoms with Gasteiger partial charge in [-0.1, -0.05) is 53.2 Å². The van der Waals surface area contributed by atoms with Crippen LogP contribution in [0.2, 0.25) is 5.02 Å². The number of nitrogens with zero attached hydrogens (tertiary/aromatic N) is 2. The number of halogens is 4. The molecule has 0 atom stereocenters. The summed E-state index contributed by atoms with van der Waals surface area (Å²) in [5, 5.41) is 5.89. The lowest BCUT2D eigenvalue weighted by Gasteiger charge is -2.08. The topological polar surface area (TPSA) is 51.5 Å². The molecular weight excluding hydrogens is 485 g/mol. The molecule has 3 aromatic carbocycles. The average molecular weight is 501 g/mol. The first-order valence-corrected chi connectivity index (χ1v) is 11.3. The Labute approximate surface area is 202 Å². The van der Waals surface area contributed by atoms with E-state index in [0.29, 0.717) is 21.4 Å². The van der Waals surface area contributed by atoms with Crippen LogP contribution >= 0.6 is 23.4 Å². The maximum Gasteiger partial charge on any atom is 0.416 e. The van der Waals surface area contributed by atoms with Crippen molar-refractivity contribution in [2.24, 2.45) is 5.16 Å². The average Bonchev–Trinajstić information content (AvgIpc) is 2.83. The van der Waals surface area contributed by atoms with Crippen molar-refractivity contribution in [1.82, 2.24) is 4.98 Å². The summed E-state index contributed by atoms with van der Waals surface area (Å²) in [5.41, 5.74) is 1.25. The van der Waals surface area contributed by atoms with Crippen molar-refractivity contribution < 1.29 is 22.8 Å². The van der Waals surface area contributed by atoms with Crippen LogP contribution in [0, 0.1) is 0 Å². The van der Waals surface area contributed by atoms with Crippen LogP contribution in [0.15, 0.2) is 89.0 Å². The van der Waals surface area contributed by atoms with Crippen LogP contribution in [0.25, 0.3) is 10.9 Å². The molecule has 0 N–H and O–H groups in total. The molecule has 0 unspecified atom stereocenters. The zero-order chi connectivity index (χ0) is 24.1. The van der Waals surface area contributed by atoms with Gasteiger partial charge in [0, 0.05) is 21.7 Å². The zero-order valence-corrected chi connectivity index (χ0v) is 19.0. The molecule has 0 bridgehead atoms. The van der Waals surface area contributed by atoms with Crippen LogP contribution in [0.1, 0.15) is 27.0 Å². The normalized spacial score (nSPS) is 11.8. The van der Waals surface area contributed by atoms with Crippen molar-refractivity contribution in [3.63, 3.8) is 0 Å². The van der Waals surface area contributed by atoms with Gasteiger partial charge in [0.25, 0.3) is 0 Å². The van der Waals surface area contributed by atoms with E-state index in [9.17, 15) is 18.0 Å². The molecule has 34 heavy (non-hydrogen) atoms. The highest BCUT2D eigenvalue weighted by Crippen LogP contribution is 2.30. The SMILES string of the molecule is O=C(ON=Cc1cc2ccccc2nc1SCc1ccc(Cl)cc1)c1cccc(C(F)(F)F)c1. The second kappa shape index (κ2) is 10.3. The van der Waals surface area contributed by atoms with Gasteiger partial charge in [0.1, 0.15) is 5.03 Å². The summed E-state index contributed by atoms with van der Waals surface area (Å²) in [6, 6.07) is 20.8. The summed E-state index contributed by atoms with van der Waals surface area (Å²) in [6.45, 7) is 0. The number of para-hydroxylation sites is 1. The molecule has 0 aliphatic heterocycles. The second-order valence-corrected chi connectivity index (χ2v) is 8.58. The molecule has 0 aliphatic carbocycles.